The van der Waals surface area contributed by atoms with Gasteiger partial charge in [0, 0.05) is 45.3 Å². The van der Waals surface area contributed by atoms with Crippen molar-refractivity contribution in [2.24, 2.45) is 5.92 Å². The number of amides is 2. The Morgan fingerprint density at radius 2 is 1.82 bits per heavy atom. The number of hydrogen-bond acceptors (Lipinski definition) is 5. The molecule has 2 saturated heterocycles. The Balaban J connectivity index is 1.40. The van der Waals surface area contributed by atoms with Crippen LogP contribution in [0.3, 0.4) is 0 Å². The van der Waals surface area contributed by atoms with Gasteiger partial charge in [-0.1, -0.05) is 18.2 Å². The molecule has 4 rings (SSSR count). The van der Waals surface area contributed by atoms with Gasteiger partial charge in [-0.2, -0.15) is 5.26 Å². The van der Waals surface area contributed by atoms with Crippen molar-refractivity contribution >= 4 is 23.3 Å². The van der Waals surface area contributed by atoms with Gasteiger partial charge in [-0.25, -0.2) is 4.98 Å². The molecule has 0 N–H and O–H groups in total. The Bertz CT molecular complexity index is 916. The maximum absolute atomic E-state index is 13.0. The summed E-state index contributed by atoms with van der Waals surface area (Å²) in [7, 11) is 0. The summed E-state index contributed by atoms with van der Waals surface area (Å²) in [5.74, 6) is 0.477. The van der Waals surface area contributed by atoms with Gasteiger partial charge in [0.05, 0.1) is 17.2 Å². The van der Waals surface area contributed by atoms with Gasteiger partial charge in [0.25, 0.3) is 0 Å². The average Bonchev–Trinajstić information content (AvgIpc) is 3.15. The number of hydrogen-bond donors (Lipinski definition) is 0. The van der Waals surface area contributed by atoms with Crippen LogP contribution in [-0.2, 0) is 9.59 Å². The van der Waals surface area contributed by atoms with Crippen LogP contribution < -0.4 is 9.80 Å². The van der Waals surface area contributed by atoms with Crippen LogP contribution in [0.1, 0.15) is 12.0 Å². The Hall–Kier alpha value is -3.40. The number of aromatic nitrogens is 1. The zero-order valence-electron chi connectivity index (χ0n) is 15.5. The Morgan fingerprint density at radius 1 is 1.07 bits per heavy atom. The largest absolute Gasteiger partial charge is 0.353 e. The number of nitrogens with zero attached hydrogens (tertiary/aromatic N) is 5. The molecule has 7 heteroatoms. The van der Waals surface area contributed by atoms with Crippen molar-refractivity contribution in [3.63, 3.8) is 0 Å². The summed E-state index contributed by atoms with van der Waals surface area (Å²) in [5, 5.41) is 9.29. The summed E-state index contributed by atoms with van der Waals surface area (Å²) < 4.78 is 0. The number of para-hydroxylation sites is 1. The van der Waals surface area contributed by atoms with Crippen LogP contribution in [0.15, 0.2) is 48.7 Å². The molecule has 1 unspecified atom stereocenters. The number of pyridine rings is 1. The zero-order chi connectivity index (χ0) is 19.5. The maximum atomic E-state index is 13.0. The van der Waals surface area contributed by atoms with Crippen LogP contribution in [-0.4, -0.2) is 54.4 Å². The molecule has 0 spiro atoms. The summed E-state index contributed by atoms with van der Waals surface area (Å²) in [5.41, 5.74) is 1.04. The van der Waals surface area contributed by atoms with Crippen LogP contribution in [0, 0.1) is 17.2 Å². The molecule has 0 aliphatic carbocycles. The number of nitriles is 1. The third-order valence-corrected chi connectivity index (χ3v) is 5.35. The van der Waals surface area contributed by atoms with Crippen LogP contribution in [0.2, 0.25) is 0 Å². The zero-order valence-corrected chi connectivity index (χ0v) is 15.5. The molecule has 2 amide bonds. The second-order valence-electron chi connectivity index (χ2n) is 7.03. The van der Waals surface area contributed by atoms with Gasteiger partial charge < -0.3 is 14.7 Å². The van der Waals surface area contributed by atoms with E-state index in [9.17, 15) is 14.9 Å². The first-order chi connectivity index (χ1) is 13.7. The van der Waals surface area contributed by atoms with E-state index in [1.54, 1.807) is 35.4 Å². The first-order valence-corrected chi connectivity index (χ1v) is 9.41. The van der Waals surface area contributed by atoms with E-state index in [-0.39, 0.29) is 24.2 Å². The minimum atomic E-state index is -0.361. The van der Waals surface area contributed by atoms with Crippen molar-refractivity contribution in [1.82, 2.24) is 9.88 Å². The number of carbonyl (C=O) groups is 2. The summed E-state index contributed by atoms with van der Waals surface area (Å²) >= 11 is 0. The molecule has 0 bridgehead atoms. The highest BCUT2D eigenvalue weighted by Gasteiger charge is 2.38. The fourth-order valence-electron chi connectivity index (χ4n) is 3.86. The maximum Gasteiger partial charge on any atom is 0.228 e. The highest BCUT2D eigenvalue weighted by molar-refractivity contribution is 6.01. The fraction of sp³-hybridized carbons (Fsp3) is 0.333. The van der Waals surface area contributed by atoms with Crippen LogP contribution in [0.25, 0.3) is 0 Å². The summed E-state index contributed by atoms with van der Waals surface area (Å²) in [6.45, 7) is 3.02. The van der Waals surface area contributed by atoms with Crippen molar-refractivity contribution in [3.05, 3.63) is 54.2 Å². The number of carbonyl (C=O) groups excluding carboxylic acids is 2. The molecule has 1 aromatic carbocycles. The number of anilines is 2. The van der Waals surface area contributed by atoms with Crippen LogP contribution in [0.4, 0.5) is 11.5 Å². The van der Waals surface area contributed by atoms with E-state index < -0.39 is 0 Å². The van der Waals surface area contributed by atoms with E-state index in [4.69, 9.17) is 0 Å². The molecule has 3 heterocycles. The Kier molecular flexibility index (Phi) is 4.94. The van der Waals surface area contributed by atoms with Gasteiger partial charge in [-0.3, -0.25) is 9.59 Å². The first-order valence-electron chi connectivity index (χ1n) is 9.41. The molecule has 0 radical (unpaired) electrons. The average molecular weight is 375 g/mol. The quantitative estimate of drug-likeness (QED) is 0.815. The summed E-state index contributed by atoms with van der Waals surface area (Å²) in [6.07, 6.45) is 1.96. The molecule has 1 atom stereocenters. The third-order valence-electron chi connectivity index (χ3n) is 5.35. The van der Waals surface area contributed by atoms with Gasteiger partial charge in [0.15, 0.2) is 0 Å². The lowest BCUT2D eigenvalue weighted by molar-refractivity contribution is -0.136. The number of piperazine rings is 1. The van der Waals surface area contributed by atoms with Crippen LogP contribution >= 0.6 is 0 Å². The lowest BCUT2D eigenvalue weighted by atomic mass is 10.1. The van der Waals surface area contributed by atoms with Gasteiger partial charge in [-0.15, -0.1) is 0 Å². The normalized spacial score (nSPS) is 19.6. The second kappa shape index (κ2) is 7.69. The number of rotatable bonds is 3. The molecule has 2 aliphatic heterocycles. The van der Waals surface area contributed by atoms with E-state index in [0.29, 0.717) is 30.9 Å². The summed E-state index contributed by atoms with van der Waals surface area (Å²) in [6, 6.07) is 15.0. The van der Waals surface area contributed by atoms with Crippen molar-refractivity contribution in [1.29, 1.82) is 5.26 Å². The fourth-order valence-corrected chi connectivity index (χ4v) is 3.86. The highest BCUT2D eigenvalue weighted by atomic mass is 16.2. The molecular weight excluding hydrogens is 354 g/mol. The lowest BCUT2D eigenvalue weighted by Crippen LogP contribution is -2.51. The summed E-state index contributed by atoms with van der Waals surface area (Å²) in [4.78, 5) is 35.4. The standard InChI is InChI=1S/C21H21N5O2/c22-14-16-5-1-2-6-18(16)26-15-17(13-20(26)27)21(28)25-11-9-24(10-12-25)19-7-3-4-8-23-19/h1-8,17H,9-13,15H2. The van der Waals surface area contributed by atoms with E-state index in [1.807, 2.05) is 23.1 Å². The van der Waals surface area contributed by atoms with Crippen molar-refractivity contribution < 1.29 is 9.59 Å². The monoisotopic (exact) mass is 375 g/mol. The van der Waals surface area contributed by atoms with Gasteiger partial charge in [-0.05, 0) is 24.3 Å². The molecule has 1 aromatic heterocycles. The van der Waals surface area contributed by atoms with E-state index >= 15 is 0 Å². The molecule has 2 aliphatic rings. The predicted octanol–water partition coefficient (Wildman–Crippen LogP) is 1.65. The van der Waals surface area contributed by atoms with E-state index in [0.717, 1.165) is 18.9 Å². The van der Waals surface area contributed by atoms with Crippen LogP contribution in [0.5, 0.6) is 0 Å². The predicted molar refractivity (Wildman–Crippen MR) is 105 cm³/mol. The van der Waals surface area contributed by atoms with Crippen molar-refractivity contribution in [2.75, 3.05) is 42.5 Å². The topological polar surface area (TPSA) is 80.5 Å². The molecular formula is C21H21N5O2. The van der Waals surface area contributed by atoms with Gasteiger partial charge >= 0.3 is 0 Å². The smallest absolute Gasteiger partial charge is 0.228 e. The van der Waals surface area contributed by atoms with Crippen molar-refractivity contribution in [2.45, 2.75) is 6.42 Å². The molecule has 2 fully saturated rings. The molecule has 142 valence electrons. The minimum absolute atomic E-state index is 0.0194. The Labute approximate surface area is 163 Å². The molecule has 28 heavy (non-hydrogen) atoms. The lowest BCUT2D eigenvalue weighted by Gasteiger charge is -2.36. The van der Waals surface area contributed by atoms with Gasteiger partial charge in [0.2, 0.25) is 11.8 Å². The van der Waals surface area contributed by atoms with Crippen molar-refractivity contribution in [3.8, 4) is 6.07 Å². The second-order valence-corrected chi connectivity index (χ2v) is 7.03. The Morgan fingerprint density at radius 3 is 2.54 bits per heavy atom. The van der Waals surface area contributed by atoms with E-state index in [2.05, 4.69) is 16.0 Å². The first kappa shape index (κ1) is 18.0. The number of benzene rings is 1. The third kappa shape index (κ3) is 3.41. The molecule has 0 saturated carbocycles. The highest BCUT2D eigenvalue weighted by Crippen LogP contribution is 2.29. The molecule has 2 aromatic rings. The van der Waals surface area contributed by atoms with Gasteiger partial charge in [0.1, 0.15) is 11.9 Å². The SMILES string of the molecule is N#Cc1ccccc1N1CC(C(=O)N2CCN(c3ccccn3)CC2)CC1=O. The minimum Gasteiger partial charge on any atom is -0.353 e. The van der Waals surface area contributed by atoms with E-state index in [1.165, 1.54) is 0 Å². The molecule has 7 nitrogen and oxygen atoms in total.